The van der Waals surface area contributed by atoms with Crippen LogP contribution in [-0.2, 0) is 19.9 Å². The summed E-state index contributed by atoms with van der Waals surface area (Å²) in [6.07, 6.45) is 6.15. The molecule has 0 fully saturated rings. The van der Waals surface area contributed by atoms with Gasteiger partial charge in [-0.25, -0.2) is 0 Å². The Labute approximate surface area is 120 Å². The van der Waals surface area contributed by atoms with Crippen LogP contribution in [0.15, 0.2) is 36.7 Å². The molecule has 0 radical (unpaired) electrons. The van der Waals surface area contributed by atoms with E-state index < -0.39 is 0 Å². The van der Waals surface area contributed by atoms with Crippen LogP contribution in [0.1, 0.15) is 11.1 Å². The predicted molar refractivity (Wildman–Crippen MR) is 81.0 cm³/mol. The molecule has 4 heteroatoms. The Morgan fingerprint density at radius 1 is 1.20 bits per heavy atom. The van der Waals surface area contributed by atoms with Crippen molar-refractivity contribution in [2.75, 3.05) is 20.7 Å². The number of ether oxygens (including phenoxy) is 1. The van der Waals surface area contributed by atoms with Crippen molar-refractivity contribution < 1.29 is 4.74 Å². The lowest BCUT2D eigenvalue weighted by Gasteiger charge is -2.16. The zero-order valence-electron chi connectivity index (χ0n) is 12.5. The van der Waals surface area contributed by atoms with E-state index in [4.69, 9.17) is 4.74 Å². The van der Waals surface area contributed by atoms with Gasteiger partial charge in [0.05, 0.1) is 13.3 Å². The number of hydrogen-bond donors (Lipinski definition) is 1. The summed E-state index contributed by atoms with van der Waals surface area (Å²) in [7, 11) is 5.66. The largest absolute Gasteiger partial charge is 0.497 e. The van der Waals surface area contributed by atoms with E-state index in [2.05, 4.69) is 28.7 Å². The van der Waals surface area contributed by atoms with Crippen LogP contribution in [0.4, 0.5) is 0 Å². The summed E-state index contributed by atoms with van der Waals surface area (Å²) in [6, 6.07) is 8.33. The zero-order valence-corrected chi connectivity index (χ0v) is 12.5. The molecule has 1 aromatic heterocycles. The van der Waals surface area contributed by atoms with Crippen molar-refractivity contribution in [2.24, 2.45) is 13.0 Å². The molecule has 20 heavy (non-hydrogen) atoms. The maximum atomic E-state index is 5.20. The van der Waals surface area contributed by atoms with Crippen LogP contribution in [0.5, 0.6) is 5.75 Å². The molecule has 0 bridgehead atoms. The van der Waals surface area contributed by atoms with E-state index in [-0.39, 0.29) is 0 Å². The average molecular weight is 273 g/mol. The van der Waals surface area contributed by atoms with Crippen molar-refractivity contribution in [2.45, 2.75) is 12.8 Å². The van der Waals surface area contributed by atoms with Gasteiger partial charge in [0.2, 0.25) is 0 Å². The van der Waals surface area contributed by atoms with Crippen LogP contribution < -0.4 is 10.1 Å². The second-order valence-corrected chi connectivity index (χ2v) is 5.20. The first-order valence-corrected chi connectivity index (χ1v) is 6.96. The number of methoxy groups -OCH3 is 1. The van der Waals surface area contributed by atoms with Crippen molar-refractivity contribution in [3.63, 3.8) is 0 Å². The monoisotopic (exact) mass is 273 g/mol. The molecular weight excluding hydrogens is 250 g/mol. The Balaban J connectivity index is 2.00. The normalized spacial score (nSPS) is 12.3. The predicted octanol–water partition coefficient (Wildman–Crippen LogP) is 2.05. The molecule has 1 atom stereocenters. The third kappa shape index (κ3) is 4.10. The maximum Gasteiger partial charge on any atom is 0.118 e. The summed E-state index contributed by atoms with van der Waals surface area (Å²) in [5, 5.41) is 7.52. The fraction of sp³-hybridized carbons (Fsp3) is 0.438. The minimum absolute atomic E-state index is 0.567. The van der Waals surface area contributed by atoms with Gasteiger partial charge in [0.15, 0.2) is 0 Å². The Kier molecular flexibility index (Phi) is 5.18. The lowest BCUT2D eigenvalue weighted by Crippen LogP contribution is -2.22. The molecule has 0 aliphatic carbocycles. The molecule has 1 N–H and O–H groups in total. The van der Waals surface area contributed by atoms with E-state index in [1.165, 1.54) is 11.1 Å². The molecule has 0 aliphatic rings. The van der Waals surface area contributed by atoms with Crippen molar-refractivity contribution in [1.82, 2.24) is 15.1 Å². The fourth-order valence-corrected chi connectivity index (χ4v) is 2.51. The summed E-state index contributed by atoms with van der Waals surface area (Å²) in [4.78, 5) is 0. The van der Waals surface area contributed by atoms with Crippen molar-refractivity contribution in [1.29, 1.82) is 0 Å². The van der Waals surface area contributed by atoms with Crippen LogP contribution in [0.3, 0.4) is 0 Å². The number of aryl methyl sites for hydroxylation is 1. The lowest BCUT2D eigenvalue weighted by molar-refractivity contribution is 0.414. The molecule has 2 rings (SSSR count). The van der Waals surface area contributed by atoms with Gasteiger partial charge in [-0.05, 0) is 55.6 Å². The standard InChI is InChI=1S/C16H23N3O/c1-17-10-14(9-15-11-18-19(2)12-15)8-13-4-6-16(20-3)7-5-13/h4-7,11-12,14,17H,8-10H2,1-3H3. The van der Waals surface area contributed by atoms with E-state index >= 15 is 0 Å². The van der Waals surface area contributed by atoms with Crippen LogP contribution in [0.25, 0.3) is 0 Å². The second kappa shape index (κ2) is 7.10. The SMILES string of the molecule is CNCC(Cc1ccc(OC)cc1)Cc1cnn(C)c1. The summed E-state index contributed by atoms with van der Waals surface area (Å²) in [6.45, 7) is 1.00. The highest BCUT2D eigenvalue weighted by atomic mass is 16.5. The van der Waals surface area contributed by atoms with Crippen LogP contribution in [-0.4, -0.2) is 30.5 Å². The Hall–Kier alpha value is -1.81. The summed E-state index contributed by atoms with van der Waals surface area (Å²) < 4.78 is 7.06. The molecule has 0 saturated carbocycles. The number of aromatic nitrogens is 2. The number of nitrogens with one attached hydrogen (secondary N) is 1. The first-order valence-electron chi connectivity index (χ1n) is 6.96. The van der Waals surface area contributed by atoms with Crippen LogP contribution in [0.2, 0.25) is 0 Å². The fourth-order valence-electron chi connectivity index (χ4n) is 2.51. The minimum Gasteiger partial charge on any atom is -0.497 e. The minimum atomic E-state index is 0.567. The van der Waals surface area contributed by atoms with Gasteiger partial charge in [0, 0.05) is 13.2 Å². The molecule has 0 saturated heterocycles. The van der Waals surface area contributed by atoms with E-state index in [0.717, 1.165) is 25.1 Å². The third-order valence-electron chi connectivity index (χ3n) is 3.46. The number of rotatable bonds is 7. The highest BCUT2D eigenvalue weighted by molar-refractivity contribution is 5.27. The molecule has 0 aliphatic heterocycles. The van der Waals surface area contributed by atoms with Crippen molar-refractivity contribution in [3.05, 3.63) is 47.8 Å². The van der Waals surface area contributed by atoms with E-state index in [1.807, 2.05) is 37.1 Å². The third-order valence-corrected chi connectivity index (χ3v) is 3.46. The van der Waals surface area contributed by atoms with Gasteiger partial charge in [-0.1, -0.05) is 12.1 Å². The van der Waals surface area contributed by atoms with Crippen molar-refractivity contribution >= 4 is 0 Å². The van der Waals surface area contributed by atoms with Gasteiger partial charge in [0.25, 0.3) is 0 Å². The Morgan fingerprint density at radius 3 is 2.45 bits per heavy atom. The zero-order chi connectivity index (χ0) is 14.4. The summed E-state index contributed by atoms with van der Waals surface area (Å²) in [5.41, 5.74) is 2.64. The Bertz CT molecular complexity index is 519. The molecule has 1 unspecified atom stereocenters. The average Bonchev–Trinajstić information content (AvgIpc) is 2.85. The van der Waals surface area contributed by atoms with Crippen molar-refractivity contribution in [3.8, 4) is 5.75 Å². The molecule has 108 valence electrons. The van der Waals surface area contributed by atoms with Gasteiger partial charge < -0.3 is 10.1 Å². The molecule has 2 aromatic rings. The van der Waals surface area contributed by atoms with E-state index in [0.29, 0.717) is 5.92 Å². The summed E-state index contributed by atoms with van der Waals surface area (Å²) in [5.74, 6) is 1.48. The second-order valence-electron chi connectivity index (χ2n) is 5.20. The molecule has 0 spiro atoms. The first-order chi connectivity index (χ1) is 9.71. The van der Waals surface area contributed by atoms with Gasteiger partial charge >= 0.3 is 0 Å². The first kappa shape index (κ1) is 14.6. The smallest absolute Gasteiger partial charge is 0.118 e. The van der Waals surface area contributed by atoms with E-state index in [9.17, 15) is 0 Å². The van der Waals surface area contributed by atoms with Gasteiger partial charge in [0.1, 0.15) is 5.75 Å². The summed E-state index contributed by atoms with van der Waals surface area (Å²) >= 11 is 0. The highest BCUT2D eigenvalue weighted by Gasteiger charge is 2.11. The van der Waals surface area contributed by atoms with Gasteiger partial charge in [-0.15, -0.1) is 0 Å². The topological polar surface area (TPSA) is 39.1 Å². The van der Waals surface area contributed by atoms with Gasteiger partial charge in [-0.2, -0.15) is 5.10 Å². The van der Waals surface area contributed by atoms with Crippen LogP contribution in [0, 0.1) is 5.92 Å². The molecule has 0 amide bonds. The molecular formula is C16H23N3O. The Morgan fingerprint density at radius 2 is 1.90 bits per heavy atom. The van der Waals surface area contributed by atoms with E-state index in [1.54, 1.807) is 7.11 Å². The number of nitrogens with zero attached hydrogens (tertiary/aromatic N) is 2. The molecule has 1 heterocycles. The molecule has 1 aromatic carbocycles. The quantitative estimate of drug-likeness (QED) is 0.839. The molecule has 4 nitrogen and oxygen atoms in total. The number of hydrogen-bond acceptors (Lipinski definition) is 3. The highest BCUT2D eigenvalue weighted by Crippen LogP contribution is 2.17. The van der Waals surface area contributed by atoms with Crippen LogP contribution >= 0.6 is 0 Å². The lowest BCUT2D eigenvalue weighted by atomic mass is 9.93. The van der Waals surface area contributed by atoms with Gasteiger partial charge in [-0.3, -0.25) is 4.68 Å². The number of benzene rings is 1. The maximum absolute atomic E-state index is 5.20.